The van der Waals surface area contributed by atoms with Crippen molar-refractivity contribution in [2.45, 2.75) is 70.3 Å². The van der Waals surface area contributed by atoms with Gasteiger partial charge in [-0.25, -0.2) is 0 Å². The first-order valence-electron chi connectivity index (χ1n) is 10.6. The molecule has 5 heteroatoms. The fourth-order valence-corrected chi connectivity index (χ4v) is 4.69. The number of fused-ring (bicyclic) bond motifs is 1. The third kappa shape index (κ3) is 4.57. The summed E-state index contributed by atoms with van der Waals surface area (Å²) in [6.45, 7) is 7.60. The van der Waals surface area contributed by atoms with Crippen LogP contribution in [0.15, 0.2) is 18.2 Å². The van der Waals surface area contributed by atoms with E-state index in [1.54, 1.807) is 6.07 Å². The van der Waals surface area contributed by atoms with Crippen LogP contribution < -0.4 is 10.1 Å². The third-order valence-electron chi connectivity index (χ3n) is 6.22. The summed E-state index contributed by atoms with van der Waals surface area (Å²) in [5.41, 5.74) is 0.866. The minimum absolute atomic E-state index is 0.103. The maximum atomic E-state index is 12.2. The summed E-state index contributed by atoms with van der Waals surface area (Å²) in [6.07, 6.45) is 6.51. The summed E-state index contributed by atoms with van der Waals surface area (Å²) in [6, 6.07) is 5.63. The van der Waals surface area contributed by atoms with Gasteiger partial charge in [0.25, 0.3) is 0 Å². The number of unbranched alkanes of at least 4 members (excludes halogenated alkanes) is 1. The Morgan fingerprint density at radius 1 is 1.26 bits per heavy atom. The molecule has 0 bridgehead atoms. The number of ether oxygens (including phenoxy) is 1. The number of hydrogen-bond donors (Lipinski definition) is 2. The minimum atomic E-state index is -0.103. The monoisotopic (exact) mass is 374 g/mol. The zero-order chi connectivity index (χ0) is 19.3. The average Bonchev–Trinajstić information content (AvgIpc) is 2.66. The molecule has 0 radical (unpaired) electrons. The fourth-order valence-electron chi connectivity index (χ4n) is 4.69. The van der Waals surface area contributed by atoms with E-state index in [-0.39, 0.29) is 11.5 Å². The van der Waals surface area contributed by atoms with Gasteiger partial charge in [0, 0.05) is 25.1 Å². The van der Waals surface area contributed by atoms with Crippen LogP contribution in [0.1, 0.15) is 70.3 Å². The van der Waals surface area contributed by atoms with Gasteiger partial charge in [-0.05, 0) is 77.1 Å². The lowest BCUT2D eigenvalue weighted by Crippen LogP contribution is -2.49. The number of phenolic OH excluding ortho intramolecular Hbond substituents is 1. The molecule has 150 valence electrons. The molecule has 0 aliphatic carbocycles. The van der Waals surface area contributed by atoms with E-state index < -0.39 is 0 Å². The van der Waals surface area contributed by atoms with E-state index in [4.69, 9.17) is 4.74 Å². The van der Waals surface area contributed by atoms with Gasteiger partial charge < -0.3 is 20.1 Å². The molecule has 1 amide bonds. The van der Waals surface area contributed by atoms with Crippen molar-refractivity contribution in [3.05, 3.63) is 23.8 Å². The van der Waals surface area contributed by atoms with Gasteiger partial charge in [0.2, 0.25) is 5.91 Å². The van der Waals surface area contributed by atoms with Gasteiger partial charge in [0.1, 0.15) is 17.1 Å². The first-order chi connectivity index (χ1) is 13.1. The molecular formula is C22H34N2O3. The van der Waals surface area contributed by atoms with Crippen molar-refractivity contribution in [3.63, 3.8) is 0 Å². The topological polar surface area (TPSA) is 61.8 Å². The Morgan fingerprint density at radius 3 is 2.70 bits per heavy atom. The second-order valence-electron chi connectivity index (χ2n) is 7.94. The Kier molecular flexibility index (Phi) is 6.64. The van der Waals surface area contributed by atoms with Crippen molar-refractivity contribution in [1.82, 2.24) is 10.2 Å². The number of rotatable bonds is 7. The van der Waals surface area contributed by atoms with Crippen LogP contribution in [0.3, 0.4) is 0 Å². The fraction of sp³-hybridized carbons (Fsp3) is 0.682. The van der Waals surface area contributed by atoms with Gasteiger partial charge >= 0.3 is 0 Å². The second-order valence-corrected chi connectivity index (χ2v) is 7.94. The summed E-state index contributed by atoms with van der Waals surface area (Å²) in [7, 11) is 0. The van der Waals surface area contributed by atoms with Crippen molar-refractivity contribution in [2.24, 2.45) is 0 Å². The number of hydrogen-bond acceptors (Lipinski definition) is 4. The van der Waals surface area contributed by atoms with E-state index in [0.29, 0.717) is 18.1 Å². The number of nitrogens with zero attached hydrogens (tertiary/aromatic N) is 1. The van der Waals surface area contributed by atoms with E-state index in [1.807, 2.05) is 30.9 Å². The zero-order valence-corrected chi connectivity index (χ0v) is 16.8. The summed E-state index contributed by atoms with van der Waals surface area (Å²) in [5, 5.41) is 13.9. The molecule has 1 fully saturated rings. The number of piperidine rings is 1. The van der Waals surface area contributed by atoms with Crippen molar-refractivity contribution in [3.8, 4) is 11.5 Å². The molecule has 0 saturated carbocycles. The van der Waals surface area contributed by atoms with Crippen LogP contribution in [0, 0.1) is 0 Å². The SMILES string of the molecule is CCN(CC)C(=O)CCCCC1CC2(CCNCC2)Oc2cccc(O)c21. The third-order valence-corrected chi connectivity index (χ3v) is 6.22. The maximum Gasteiger partial charge on any atom is 0.222 e. The highest BCUT2D eigenvalue weighted by molar-refractivity contribution is 5.76. The lowest BCUT2D eigenvalue weighted by atomic mass is 9.75. The Morgan fingerprint density at radius 2 is 2.00 bits per heavy atom. The van der Waals surface area contributed by atoms with Crippen LogP contribution in [0.4, 0.5) is 0 Å². The number of nitrogens with one attached hydrogen (secondary N) is 1. The lowest BCUT2D eigenvalue weighted by molar-refractivity contribution is -0.130. The zero-order valence-electron chi connectivity index (χ0n) is 16.8. The van der Waals surface area contributed by atoms with Crippen LogP contribution in [-0.4, -0.2) is 47.7 Å². The van der Waals surface area contributed by atoms with Crippen molar-refractivity contribution >= 4 is 5.91 Å². The molecule has 2 N–H and O–H groups in total. The molecule has 1 aromatic carbocycles. The van der Waals surface area contributed by atoms with E-state index in [9.17, 15) is 9.90 Å². The van der Waals surface area contributed by atoms with Gasteiger partial charge in [0.15, 0.2) is 0 Å². The Balaban J connectivity index is 1.64. The molecule has 1 spiro atoms. The van der Waals surface area contributed by atoms with E-state index in [2.05, 4.69) is 5.32 Å². The standard InChI is InChI=1S/C22H34N2O3/c1-3-24(4-2)20(26)11-6-5-8-17-16-22(12-14-23-15-13-22)27-19-10-7-9-18(25)21(17)19/h7,9-10,17,23,25H,3-6,8,11-16H2,1-2H3. The quantitative estimate of drug-likeness (QED) is 0.713. The smallest absolute Gasteiger partial charge is 0.222 e. The van der Waals surface area contributed by atoms with Crippen LogP contribution in [0.25, 0.3) is 0 Å². The molecule has 1 atom stereocenters. The van der Waals surface area contributed by atoms with Crippen molar-refractivity contribution < 1.29 is 14.6 Å². The average molecular weight is 375 g/mol. The molecular weight excluding hydrogens is 340 g/mol. The van der Waals surface area contributed by atoms with E-state index in [0.717, 1.165) is 76.0 Å². The molecule has 3 rings (SSSR count). The summed E-state index contributed by atoms with van der Waals surface area (Å²) >= 11 is 0. The Labute approximate surface area is 163 Å². The molecule has 5 nitrogen and oxygen atoms in total. The van der Waals surface area contributed by atoms with Gasteiger partial charge in [-0.15, -0.1) is 0 Å². The second kappa shape index (κ2) is 8.96. The highest BCUT2D eigenvalue weighted by Gasteiger charge is 2.42. The molecule has 0 aromatic heterocycles. The number of amides is 1. The van der Waals surface area contributed by atoms with Gasteiger partial charge in [-0.2, -0.15) is 0 Å². The molecule has 1 unspecified atom stereocenters. The van der Waals surface area contributed by atoms with Gasteiger partial charge in [-0.3, -0.25) is 4.79 Å². The van der Waals surface area contributed by atoms with Crippen LogP contribution in [0.2, 0.25) is 0 Å². The maximum absolute atomic E-state index is 12.2. The summed E-state index contributed by atoms with van der Waals surface area (Å²) in [5.74, 6) is 1.76. The van der Waals surface area contributed by atoms with Crippen molar-refractivity contribution in [2.75, 3.05) is 26.2 Å². The van der Waals surface area contributed by atoms with Crippen molar-refractivity contribution in [1.29, 1.82) is 0 Å². The molecule has 2 aliphatic heterocycles. The first-order valence-corrected chi connectivity index (χ1v) is 10.6. The largest absolute Gasteiger partial charge is 0.508 e. The van der Waals surface area contributed by atoms with E-state index in [1.165, 1.54) is 0 Å². The number of carbonyl (C=O) groups excluding carboxylic acids is 1. The summed E-state index contributed by atoms with van der Waals surface area (Å²) in [4.78, 5) is 14.1. The predicted octanol–water partition coefficient (Wildman–Crippen LogP) is 3.81. The van der Waals surface area contributed by atoms with E-state index >= 15 is 0 Å². The molecule has 2 aliphatic rings. The molecule has 1 aromatic rings. The Hall–Kier alpha value is -1.75. The number of benzene rings is 1. The van der Waals surface area contributed by atoms with Gasteiger partial charge in [-0.1, -0.05) is 12.5 Å². The summed E-state index contributed by atoms with van der Waals surface area (Å²) < 4.78 is 6.42. The lowest BCUT2D eigenvalue weighted by Gasteiger charge is -2.45. The highest BCUT2D eigenvalue weighted by Crippen LogP contribution is 2.49. The predicted molar refractivity (Wildman–Crippen MR) is 107 cm³/mol. The number of carbonyl (C=O) groups is 1. The molecule has 1 saturated heterocycles. The number of aromatic hydroxyl groups is 1. The van der Waals surface area contributed by atoms with Crippen LogP contribution in [-0.2, 0) is 4.79 Å². The van der Waals surface area contributed by atoms with Crippen LogP contribution >= 0.6 is 0 Å². The molecule has 27 heavy (non-hydrogen) atoms. The minimum Gasteiger partial charge on any atom is -0.508 e. The molecule has 2 heterocycles. The first kappa shape index (κ1) is 20.0. The van der Waals surface area contributed by atoms with Crippen LogP contribution in [0.5, 0.6) is 11.5 Å². The number of phenols is 1. The normalized spacial score (nSPS) is 20.7. The van der Waals surface area contributed by atoms with Gasteiger partial charge in [0.05, 0.1) is 0 Å². The Bertz CT molecular complexity index is 636. The highest BCUT2D eigenvalue weighted by atomic mass is 16.5.